The summed E-state index contributed by atoms with van der Waals surface area (Å²) in [6, 6.07) is 1.49. The molecule has 0 aliphatic heterocycles. The van der Waals surface area contributed by atoms with E-state index in [1.807, 2.05) is 0 Å². The van der Waals surface area contributed by atoms with Crippen LogP contribution in [0.2, 0.25) is 0 Å². The lowest BCUT2D eigenvalue weighted by Crippen LogP contribution is -2.50. The second-order valence-electron chi connectivity index (χ2n) is 4.32. The van der Waals surface area contributed by atoms with Crippen molar-refractivity contribution >= 4 is 0 Å². The van der Waals surface area contributed by atoms with Gasteiger partial charge >= 0.3 is 0 Å². The Morgan fingerprint density at radius 3 is 3.08 bits per heavy atom. The Balaban J connectivity index is 1.80. The lowest BCUT2D eigenvalue weighted by atomic mass is 9.71. The van der Waals surface area contributed by atoms with Crippen LogP contribution in [0.4, 0.5) is 0 Å². The summed E-state index contributed by atoms with van der Waals surface area (Å²) >= 11 is 0. The molecule has 0 saturated heterocycles. The van der Waals surface area contributed by atoms with E-state index in [0.717, 1.165) is 17.9 Å². The van der Waals surface area contributed by atoms with Crippen LogP contribution in [0.1, 0.15) is 33.1 Å². The van der Waals surface area contributed by atoms with Crippen molar-refractivity contribution in [2.24, 2.45) is 11.8 Å². The van der Waals surface area contributed by atoms with Crippen molar-refractivity contribution in [3.63, 3.8) is 0 Å². The summed E-state index contributed by atoms with van der Waals surface area (Å²) in [6.45, 7) is 4.53. The SMILES string of the molecule is CCC(C)NC1CC2CC=CC21. The maximum atomic E-state index is 3.69. The molecule has 0 aromatic rings. The summed E-state index contributed by atoms with van der Waals surface area (Å²) in [5.74, 6) is 1.87. The number of hydrogen-bond acceptors (Lipinski definition) is 1. The number of allylic oxidation sites excluding steroid dienone is 1. The van der Waals surface area contributed by atoms with Crippen molar-refractivity contribution in [3.05, 3.63) is 12.2 Å². The fraction of sp³-hybridized carbons (Fsp3) is 0.818. The molecule has 1 fully saturated rings. The Morgan fingerprint density at radius 2 is 2.42 bits per heavy atom. The zero-order valence-electron chi connectivity index (χ0n) is 8.09. The zero-order valence-corrected chi connectivity index (χ0v) is 8.09. The van der Waals surface area contributed by atoms with Crippen LogP contribution in [-0.4, -0.2) is 12.1 Å². The molecule has 0 aromatic carbocycles. The lowest BCUT2D eigenvalue weighted by Gasteiger charge is -2.42. The molecule has 2 aliphatic rings. The third-order valence-electron chi connectivity index (χ3n) is 3.47. The van der Waals surface area contributed by atoms with Crippen LogP contribution in [0.3, 0.4) is 0 Å². The van der Waals surface area contributed by atoms with Gasteiger partial charge in [-0.1, -0.05) is 19.1 Å². The van der Waals surface area contributed by atoms with Crippen LogP contribution in [-0.2, 0) is 0 Å². The molecule has 68 valence electrons. The summed E-state index contributed by atoms with van der Waals surface area (Å²) in [7, 11) is 0. The summed E-state index contributed by atoms with van der Waals surface area (Å²) < 4.78 is 0. The number of fused-ring (bicyclic) bond motifs is 1. The summed E-state index contributed by atoms with van der Waals surface area (Å²) in [5, 5.41) is 3.69. The predicted molar refractivity (Wildman–Crippen MR) is 52.0 cm³/mol. The van der Waals surface area contributed by atoms with E-state index in [9.17, 15) is 0 Å². The number of hydrogen-bond donors (Lipinski definition) is 1. The first-order chi connectivity index (χ1) is 5.81. The third-order valence-corrected chi connectivity index (χ3v) is 3.47. The van der Waals surface area contributed by atoms with Crippen molar-refractivity contribution in [3.8, 4) is 0 Å². The van der Waals surface area contributed by atoms with E-state index in [0.29, 0.717) is 6.04 Å². The maximum absolute atomic E-state index is 3.69. The Morgan fingerprint density at radius 1 is 1.58 bits per heavy atom. The van der Waals surface area contributed by atoms with E-state index in [1.54, 1.807) is 0 Å². The van der Waals surface area contributed by atoms with Gasteiger partial charge in [0.2, 0.25) is 0 Å². The van der Waals surface area contributed by atoms with Crippen LogP contribution in [0.5, 0.6) is 0 Å². The molecule has 4 atom stereocenters. The molecule has 0 heterocycles. The highest BCUT2D eigenvalue weighted by molar-refractivity contribution is 5.13. The highest BCUT2D eigenvalue weighted by atomic mass is 15.0. The number of nitrogens with one attached hydrogen (secondary N) is 1. The van der Waals surface area contributed by atoms with Gasteiger partial charge in [-0.05, 0) is 38.0 Å². The van der Waals surface area contributed by atoms with Crippen LogP contribution < -0.4 is 5.32 Å². The Bertz CT molecular complexity index is 185. The van der Waals surface area contributed by atoms with Crippen LogP contribution >= 0.6 is 0 Å². The van der Waals surface area contributed by atoms with E-state index < -0.39 is 0 Å². The first-order valence-electron chi connectivity index (χ1n) is 5.24. The largest absolute Gasteiger partial charge is 0.311 e. The van der Waals surface area contributed by atoms with Crippen molar-refractivity contribution in [1.29, 1.82) is 0 Å². The first-order valence-corrected chi connectivity index (χ1v) is 5.24. The van der Waals surface area contributed by atoms with Gasteiger partial charge in [0.1, 0.15) is 0 Å². The van der Waals surface area contributed by atoms with Crippen molar-refractivity contribution in [2.75, 3.05) is 0 Å². The normalized spacial score (nSPS) is 40.7. The van der Waals surface area contributed by atoms with Gasteiger partial charge in [0.05, 0.1) is 0 Å². The van der Waals surface area contributed by atoms with Crippen molar-refractivity contribution in [1.82, 2.24) is 5.32 Å². The third kappa shape index (κ3) is 1.31. The Kier molecular flexibility index (Phi) is 2.22. The maximum Gasteiger partial charge on any atom is 0.0138 e. The highest BCUT2D eigenvalue weighted by Gasteiger charge is 2.40. The molecule has 0 bridgehead atoms. The van der Waals surface area contributed by atoms with E-state index in [1.165, 1.54) is 19.3 Å². The van der Waals surface area contributed by atoms with Crippen LogP contribution in [0, 0.1) is 11.8 Å². The minimum Gasteiger partial charge on any atom is -0.311 e. The molecule has 1 saturated carbocycles. The van der Waals surface area contributed by atoms with Gasteiger partial charge in [-0.15, -0.1) is 0 Å². The van der Waals surface area contributed by atoms with Gasteiger partial charge in [-0.25, -0.2) is 0 Å². The highest BCUT2D eigenvalue weighted by Crippen LogP contribution is 2.42. The van der Waals surface area contributed by atoms with Gasteiger partial charge in [-0.3, -0.25) is 0 Å². The number of rotatable bonds is 3. The smallest absolute Gasteiger partial charge is 0.0138 e. The van der Waals surface area contributed by atoms with E-state index in [-0.39, 0.29) is 0 Å². The molecular formula is C11H19N. The van der Waals surface area contributed by atoms with Gasteiger partial charge < -0.3 is 5.32 Å². The molecular weight excluding hydrogens is 146 g/mol. The van der Waals surface area contributed by atoms with E-state index >= 15 is 0 Å². The van der Waals surface area contributed by atoms with E-state index in [2.05, 4.69) is 31.3 Å². The zero-order chi connectivity index (χ0) is 8.55. The quantitative estimate of drug-likeness (QED) is 0.633. The molecule has 12 heavy (non-hydrogen) atoms. The second-order valence-corrected chi connectivity index (χ2v) is 4.32. The van der Waals surface area contributed by atoms with Gasteiger partial charge in [-0.2, -0.15) is 0 Å². The standard InChI is InChI=1S/C11H19N/c1-3-8(2)12-11-7-9-5-4-6-10(9)11/h4,6,8-12H,3,5,7H2,1-2H3. The average Bonchev–Trinajstić information content (AvgIpc) is 2.42. The van der Waals surface area contributed by atoms with Gasteiger partial charge in [0.15, 0.2) is 0 Å². The minimum absolute atomic E-state index is 0.699. The predicted octanol–water partition coefficient (Wildman–Crippen LogP) is 2.34. The van der Waals surface area contributed by atoms with Crippen molar-refractivity contribution < 1.29 is 0 Å². The molecule has 1 heteroatoms. The lowest BCUT2D eigenvalue weighted by molar-refractivity contribution is 0.151. The first kappa shape index (κ1) is 8.31. The van der Waals surface area contributed by atoms with Crippen molar-refractivity contribution in [2.45, 2.75) is 45.2 Å². The molecule has 2 rings (SSSR count). The molecule has 2 aliphatic carbocycles. The molecule has 0 aromatic heterocycles. The Labute approximate surface area is 75.2 Å². The monoisotopic (exact) mass is 165 g/mol. The fourth-order valence-electron chi connectivity index (χ4n) is 2.39. The second kappa shape index (κ2) is 3.21. The molecule has 1 nitrogen and oxygen atoms in total. The Hall–Kier alpha value is -0.300. The summed E-state index contributed by atoms with van der Waals surface area (Å²) in [5.41, 5.74) is 0. The van der Waals surface area contributed by atoms with Crippen LogP contribution in [0.25, 0.3) is 0 Å². The molecule has 0 amide bonds. The molecule has 0 spiro atoms. The summed E-state index contributed by atoms with van der Waals surface area (Å²) in [4.78, 5) is 0. The molecule has 4 unspecified atom stereocenters. The van der Waals surface area contributed by atoms with Gasteiger partial charge in [0.25, 0.3) is 0 Å². The molecule has 0 radical (unpaired) electrons. The topological polar surface area (TPSA) is 12.0 Å². The molecule has 1 N–H and O–H groups in total. The van der Waals surface area contributed by atoms with Crippen LogP contribution in [0.15, 0.2) is 12.2 Å². The average molecular weight is 165 g/mol. The fourth-order valence-corrected chi connectivity index (χ4v) is 2.39. The van der Waals surface area contributed by atoms with Gasteiger partial charge in [0, 0.05) is 12.1 Å². The van der Waals surface area contributed by atoms with E-state index in [4.69, 9.17) is 0 Å². The summed E-state index contributed by atoms with van der Waals surface area (Å²) in [6.07, 6.45) is 8.75. The minimum atomic E-state index is 0.699.